The predicted octanol–water partition coefficient (Wildman–Crippen LogP) is 1.29. The number of nitrogens with zero attached hydrogens (tertiary/aromatic N) is 5. The Balaban J connectivity index is 1.80. The van der Waals surface area contributed by atoms with Crippen molar-refractivity contribution in [2.75, 3.05) is 13.7 Å². The molecule has 0 saturated carbocycles. The van der Waals surface area contributed by atoms with Gasteiger partial charge in [-0.05, 0) is 20.3 Å². The minimum Gasteiger partial charge on any atom is -0.380 e. The average molecular weight is 290 g/mol. The second-order valence-corrected chi connectivity index (χ2v) is 5.45. The maximum Gasteiger partial charge on any atom is 0.167 e. The van der Waals surface area contributed by atoms with Gasteiger partial charge in [-0.15, -0.1) is 0 Å². The van der Waals surface area contributed by atoms with Gasteiger partial charge in [-0.3, -0.25) is 10.00 Å². The number of aromatic amines is 1. The first-order chi connectivity index (χ1) is 10.2. The molecule has 0 spiro atoms. The molecule has 1 fully saturated rings. The van der Waals surface area contributed by atoms with Gasteiger partial charge in [-0.25, -0.2) is 9.97 Å². The average Bonchev–Trinajstić information content (AvgIpc) is 3.18. The zero-order valence-electron chi connectivity index (χ0n) is 12.8. The third-order valence-electron chi connectivity index (χ3n) is 4.10. The molecule has 114 valence electrons. The number of likely N-dealkylation sites (tertiary alicyclic amines) is 1. The summed E-state index contributed by atoms with van der Waals surface area (Å²) in [6.07, 6.45) is 5.01. The highest BCUT2D eigenvalue weighted by Gasteiger charge is 2.36. The Morgan fingerprint density at radius 2 is 2.33 bits per heavy atom. The molecule has 3 rings (SSSR count). The maximum atomic E-state index is 5.54. The van der Waals surface area contributed by atoms with E-state index in [2.05, 4.69) is 36.6 Å². The monoisotopic (exact) mass is 290 g/mol. The van der Waals surface area contributed by atoms with E-state index in [0.29, 0.717) is 0 Å². The van der Waals surface area contributed by atoms with E-state index in [9.17, 15) is 0 Å². The molecule has 0 amide bonds. The molecule has 1 N–H and O–H groups in total. The number of H-pyrrole nitrogens is 1. The fourth-order valence-corrected chi connectivity index (χ4v) is 2.95. The molecule has 2 aromatic heterocycles. The van der Waals surface area contributed by atoms with Gasteiger partial charge in [0, 0.05) is 32.6 Å². The minimum absolute atomic E-state index is 0.182. The van der Waals surface area contributed by atoms with Gasteiger partial charge in [-0.2, -0.15) is 5.10 Å². The fourth-order valence-electron chi connectivity index (χ4n) is 2.95. The molecule has 0 unspecified atom stereocenters. The normalized spacial score (nSPS) is 23.0. The van der Waals surface area contributed by atoms with Gasteiger partial charge in [0.15, 0.2) is 5.82 Å². The van der Waals surface area contributed by atoms with Crippen molar-refractivity contribution in [1.29, 1.82) is 0 Å². The quantitative estimate of drug-likeness (QED) is 0.898. The molecule has 0 radical (unpaired) electrons. The first-order valence-corrected chi connectivity index (χ1v) is 7.37. The van der Waals surface area contributed by atoms with Crippen LogP contribution in [0.4, 0.5) is 0 Å². The highest BCUT2D eigenvalue weighted by molar-refractivity contribution is 5.03. The van der Waals surface area contributed by atoms with E-state index in [1.807, 2.05) is 19.3 Å². The molecule has 21 heavy (non-hydrogen) atoms. The number of hydrogen-bond acceptors (Lipinski definition) is 5. The van der Waals surface area contributed by atoms with E-state index in [1.54, 1.807) is 7.11 Å². The summed E-state index contributed by atoms with van der Waals surface area (Å²) in [5, 5.41) is 7.26. The number of nitrogens with one attached hydrogen (secondary N) is 1. The Morgan fingerprint density at radius 3 is 3.00 bits per heavy atom. The first-order valence-electron chi connectivity index (χ1n) is 7.37. The molecule has 2 atom stereocenters. The van der Waals surface area contributed by atoms with Gasteiger partial charge in [-0.1, -0.05) is 0 Å². The van der Waals surface area contributed by atoms with Crippen LogP contribution < -0.4 is 0 Å². The van der Waals surface area contributed by atoms with E-state index >= 15 is 0 Å². The van der Waals surface area contributed by atoms with Crippen LogP contribution in [0.5, 0.6) is 0 Å². The lowest BCUT2D eigenvalue weighted by Crippen LogP contribution is -2.27. The molecule has 0 aliphatic carbocycles. The van der Waals surface area contributed by atoms with Crippen LogP contribution in [0.15, 0.2) is 12.4 Å². The van der Waals surface area contributed by atoms with Crippen molar-refractivity contribution >= 4 is 0 Å². The molecular formula is C14H22N6O. The van der Waals surface area contributed by atoms with Gasteiger partial charge in [0.2, 0.25) is 0 Å². The standard InChI is InChI=1S/C14H22N6O/c1-4-19-6-5-15-13(19)9-20-8-11(21-3)7-12(20)14-16-10(2)17-18-14/h5-6,11-12H,4,7-9H2,1-3H3,(H,16,17,18)/t11-,12+/m1/s1. The van der Waals surface area contributed by atoms with Gasteiger partial charge < -0.3 is 9.30 Å². The summed E-state index contributed by atoms with van der Waals surface area (Å²) in [6.45, 7) is 6.65. The van der Waals surface area contributed by atoms with Crippen LogP contribution in [-0.2, 0) is 17.8 Å². The fraction of sp³-hybridized carbons (Fsp3) is 0.643. The zero-order chi connectivity index (χ0) is 14.8. The van der Waals surface area contributed by atoms with Crippen molar-refractivity contribution in [3.8, 4) is 0 Å². The second-order valence-electron chi connectivity index (χ2n) is 5.45. The van der Waals surface area contributed by atoms with E-state index in [4.69, 9.17) is 4.74 Å². The number of rotatable bonds is 5. The van der Waals surface area contributed by atoms with Crippen LogP contribution in [0.25, 0.3) is 0 Å². The summed E-state index contributed by atoms with van der Waals surface area (Å²) in [6, 6.07) is 0.182. The largest absolute Gasteiger partial charge is 0.380 e. The lowest BCUT2D eigenvalue weighted by atomic mass is 10.2. The first kappa shape index (κ1) is 14.2. The van der Waals surface area contributed by atoms with E-state index in [0.717, 1.165) is 43.5 Å². The third kappa shape index (κ3) is 2.84. The number of ether oxygens (including phenoxy) is 1. The Morgan fingerprint density at radius 1 is 1.48 bits per heavy atom. The van der Waals surface area contributed by atoms with Crippen LogP contribution in [-0.4, -0.2) is 49.4 Å². The van der Waals surface area contributed by atoms with Crippen LogP contribution in [0.2, 0.25) is 0 Å². The van der Waals surface area contributed by atoms with Gasteiger partial charge in [0.05, 0.1) is 18.7 Å². The lowest BCUT2D eigenvalue weighted by Gasteiger charge is -2.21. The Bertz CT molecular complexity index is 592. The summed E-state index contributed by atoms with van der Waals surface area (Å²) in [5.41, 5.74) is 0. The highest BCUT2D eigenvalue weighted by atomic mass is 16.5. The predicted molar refractivity (Wildman–Crippen MR) is 77.6 cm³/mol. The summed E-state index contributed by atoms with van der Waals surface area (Å²) in [7, 11) is 1.77. The van der Waals surface area contributed by atoms with Crippen LogP contribution in [0.1, 0.15) is 36.9 Å². The second kappa shape index (κ2) is 5.95. The Kier molecular flexibility index (Phi) is 4.03. The molecule has 1 saturated heterocycles. The van der Waals surface area contributed by atoms with Crippen LogP contribution in [0, 0.1) is 6.92 Å². The molecule has 2 aromatic rings. The van der Waals surface area contributed by atoms with E-state index < -0.39 is 0 Å². The third-order valence-corrected chi connectivity index (χ3v) is 4.10. The molecule has 7 heteroatoms. The van der Waals surface area contributed by atoms with E-state index in [1.165, 1.54) is 0 Å². The summed E-state index contributed by atoms with van der Waals surface area (Å²) >= 11 is 0. The Labute approximate surface area is 124 Å². The van der Waals surface area contributed by atoms with Gasteiger partial charge in [0.1, 0.15) is 11.6 Å². The topological polar surface area (TPSA) is 71.9 Å². The molecular weight excluding hydrogens is 268 g/mol. The molecule has 0 aromatic carbocycles. The lowest BCUT2D eigenvalue weighted by molar-refractivity contribution is 0.106. The van der Waals surface area contributed by atoms with Crippen LogP contribution in [0.3, 0.4) is 0 Å². The smallest absolute Gasteiger partial charge is 0.167 e. The molecule has 0 bridgehead atoms. The van der Waals surface area contributed by atoms with Gasteiger partial charge in [0.25, 0.3) is 0 Å². The van der Waals surface area contributed by atoms with Crippen molar-refractivity contribution in [1.82, 2.24) is 29.6 Å². The van der Waals surface area contributed by atoms with Crippen molar-refractivity contribution in [3.63, 3.8) is 0 Å². The van der Waals surface area contributed by atoms with Crippen molar-refractivity contribution in [2.45, 2.75) is 45.5 Å². The summed E-state index contributed by atoms with van der Waals surface area (Å²) in [5.74, 6) is 2.77. The summed E-state index contributed by atoms with van der Waals surface area (Å²) in [4.78, 5) is 11.3. The van der Waals surface area contributed by atoms with Crippen molar-refractivity contribution in [3.05, 3.63) is 29.9 Å². The van der Waals surface area contributed by atoms with Crippen LogP contribution >= 0.6 is 0 Å². The van der Waals surface area contributed by atoms with Crippen molar-refractivity contribution in [2.24, 2.45) is 0 Å². The maximum absolute atomic E-state index is 5.54. The minimum atomic E-state index is 0.182. The van der Waals surface area contributed by atoms with Crippen molar-refractivity contribution < 1.29 is 4.74 Å². The SMILES string of the molecule is CCn1ccnc1CN1C[C@H](OC)C[C@H]1c1n[nH]c(C)n1. The zero-order valence-corrected chi connectivity index (χ0v) is 12.8. The summed E-state index contributed by atoms with van der Waals surface area (Å²) < 4.78 is 7.71. The number of methoxy groups -OCH3 is 1. The number of imidazole rings is 1. The molecule has 3 heterocycles. The molecule has 7 nitrogen and oxygen atoms in total. The van der Waals surface area contributed by atoms with Gasteiger partial charge >= 0.3 is 0 Å². The highest BCUT2D eigenvalue weighted by Crippen LogP contribution is 2.32. The number of aryl methyl sites for hydroxylation is 2. The number of aromatic nitrogens is 5. The van der Waals surface area contributed by atoms with E-state index in [-0.39, 0.29) is 12.1 Å². The number of hydrogen-bond donors (Lipinski definition) is 1. The molecule has 1 aliphatic heterocycles. The Hall–Kier alpha value is -1.73. The molecule has 1 aliphatic rings.